The summed E-state index contributed by atoms with van der Waals surface area (Å²) in [5.74, 6) is 0.355. The standard InChI is InChI=1S/C23H44O3/c1-4-5-6-7-8-9-10-11-12-13-14-15-16-17-18-19-20-25-23(24)26-21-22(2)3/h11-12,22H,4-10,13-21H2,1-3H3/b12-11-. The van der Waals surface area contributed by atoms with E-state index in [1.165, 1.54) is 77.0 Å². The van der Waals surface area contributed by atoms with Crippen molar-refractivity contribution >= 4 is 6.16 Å². The minimum atomic E-state index is -0.522. The molecular formula is C23H44O3. The van der Waals surface area contributed by atoms with Crippen molar-refractivity contribution in [1.29, 1.82) is 0 Å². The summed E-state index contributed by atoms with van der Waals surface area (Å²) in [6.07, 6.45) is 22.2. The van der Waals surface area contributed by atoms with Crippen LogP contribution < -0.4 is 0 Å². The van der Waals surface area contributed by atoms with Crippen molar-refractivity contribution in [1.82, 2.24) is 0 Å². The third-order valence-corrected chi connectivity index (χ3v) is 4.41. The van der Waals surface area contributed by atoms with Crippen molar-refractivity contribution in [2.45, 2.75) is 111 Å². The molecule has 0 radical (unpaired) electrons. The van der Waals surface area contributed by atoms with Gasteiger partial charge in [-0.15, -0.1) is 0 Å². The smallest absolute Gasteiger partial charge is 0.434 e. The summed E-state index contributed by atoms with van der Waals surface area (Å²) in [7, 11) is 0. The van der Waals surface area contributed by atoms with E-state index in [0.29, 0.717) is 19.1 Å². The SMILES string of the molecule is CCCCCCCC/C=C\CCCCCCCCOC(=O)OCC(C)C. The zero-order chi connectivity index (χ0) is 19.3. The molecule has 0 aliphatic rings. The second kappa shape index (κ2) is 20.3. The number of carbonyl (C=O) groups excluding carboxylic acids is 1. The highest BCUT2D eigenvalue weighted by molar-refractivity contribution is 5.59. The summed E-state index contributed by atoms with van der Waals surface area (Å²) in [6, 6.07) is 0. The molecule has 3 nitrogen and oxygen atoms in total. The lowest BCUT2D eigenvalue weighted by Gasteiger charge is -2.07. The molecular weight excluding hydrogens is 324 g/mol. The Hall–Kier alpha value is -0.990. The molecule has 0 aliphatic heterocycles. The van der Waals surface area contributed by atoms with Gasteiger partial charge >= 0.3 is 6.16 Å². The van der Waals surface area contributed by atoms with E-state index in [1.54, 1.807) is 0 Å². The predicted octanol–water partition coefficient (Wildman–Crippen LogP) is 7.83. The summed E-state index contributed by atoms with van der Waals surface area (Å²) < 4.78 is 10.0. The average Bonchev–Trinajstić information content (AvgIpc) is 2.62. The first-order valence-corrected chi connectivity index (χ1v) is 11.1. The molecule has 0 bridgehead atoms. The van der Waals surface area contributed by atoms with Crippen LogP contribution in [-0.2, 0) is 9.47 Å². The van der Waals surface area contributed by atoms with E-state index in [2.05, 4.69) is 19.1 Å². The molecule has 26 heavy (non-hydrogen) atoms. The first-order chi connectivity index (χ1) is 12.7. The van der Waals surface area contributed by atoms with Gasteiger partial charge in [0.05, 0.1) is 13.2 Å². The first kappa shape index (κ1) is 25.0. The molecule has 0 aliphatic carbocycles. The van der Waals surface area contributed by atoms with E-state index in [0.717, 1.165) is 12.8 Å². The molecule has 0 rings (SSSR count). The van der Waals surface area contributed by atoms with Crippen LogP contribution in [0.5, 0.6) is 0 Å². The zero-order valence-electron chi connectivity index (χ0n) is 17.8. The van der Waals surface area contributed by atoms with Crippen LogP contribution in [0.2, 0.25) is 0 Å². The van der Waals surface area contributed by atoms with Gasteiger partial charge in [0.25, 0.3) is 0 Å². The fraction of sp³-hybridized carbons (Fsp3) is 0.870. The van der Waals surface area contributed by atoms with E-state index in [-0.39, 0.29) is 0 Å². The molecule has 0 fully saturated rings. The Morgan fingerprint density at radius 2 is 1.23 bits per heavy atom. The number of hydrogen-bond donors (Lipinski definition) is 0. The lowest BCUT2D eigenvalue weighted by Crippen LogP contribution is -2.12. The van der Waals surface area contributed by atoms with Crippen LogP contribution in [-0.4, -0.2) is 19.4 Å². The number of ether oxygens (including phenoxy) is 2. The Bertz CT molecular complexity index is 323. The van der Waals surface area contributed by atoms with Crippen LogP contribution >= 0.6 is 0 Å². The topological polar surface area (TPSA) is 35.5 Å². The van der Waals surface area contributed by atoms with Crippen LogP contribution in [0.3, 0.4) is 0 Å². The molecule has 0 aromatic carbocycles. The molecule has 154 valence electrons. The van der Waals surface area contributed by atoms with Gasteiger partial charge in [-0.25, -0.2) is 4.79 Å². The number of allylic oxidation sites excluding steroid dienone is 2. The lowest BCUT2D eigenvalue weighted by molar-refractivity contribution is 0.0465. The Balaban J connectivity index is 3.17. The second-order valence-corrected chi connectivity index (χ2v) is 7.74. The maximum atomic E-state index is 11.3. The van der Waals surface area contributed by atoms with Gasteiger partial charge in [-0.2, -0.15) is 0 Å². The van der Waals surface area contributed by atoms with Gasteiger partial charge < -0.3 is 9.47 Å². The predicted molar refractivity (Wildman–Crippen MR) is 112 cm³/mol. The Morgan fingerprint density at radius 1 is 0.731 bits per heavy atom. The molecule has 0 spiro atoms. The molecule has 0 aromatic rings. The fourth-order valence-corrected chi connectivity index (χ4v) is 2.78. The normalized spacial score (nSPS) is 11.4. The van der Waals surface area contributed by atoms with Gasteiger partial charge in [0.1, 0.15) is 0 Å². The van der Waals surface area contributed by atoms with E-state index in [4.69, 9.17) is 9.47 Å². The highest BCUT2D eigenvalue weighted by Crippen LogP contribution is 2.10. The van der Waals surface area contributed by atoms with Gasteiger partial charge in [0, 0.05) is 0 Å². The third kappa shape index (κ3) is 21.1. The number of unbranched alkanes of at least 4 members (excludes halogenated alkanes) is 12. The van der Waals surface area contributed by atoms with Crippen LogP contribution in [0.1, 0.15) is 111 Å². The molecule has 0 heterocycles. The van der Waals surface area contributed by atoms with Gasteiger partial charge in [0.15, 0.2) is 0 Å². The zero-order valence-corrected chi connectivity index (χ0v) is 17.8. The summed E-state index contributed by atoms with van der Waals surface area (Å²) in [5.41, 5.74) is 0. The van der Waals surface area contributed by atoms with Crippen molar-refractivity contribution in [3.8, 4) is 0 Å². The highest BCUT2D eigenvalue weighted by Gasteiger charge is 2.04. The first-order valence-electron chi connectivity index (χ1n) is 11.1. The maximum absolute atomic E-state index is 11.3. The van der Waals surface area contributed by atoms with E-state index >= 15 is 0 Å². The molecule has 0 atom stereocenters. The Morgan fingerprint density at radius 3 is 1.77 bits per heavy atom. The van der Waals surface area contributed by atoms with Crippen LogP contribution in [0.25, 0.3) is 0 Å². The van der Waals surface area contributed by atoms with Crippen molar-refractivity contribution in [2.75, 3.05) is 13.2 Å². The summed E-state index contributed by atoms with van der Waals surface area (Å²) in [4.78, 5) is 11.3. The molecule has 0 aromatic heterocycles. The minimum Gasteiger partial charge on any atom is -0.434 e. The Labute approximate surface area is 162 Å². The maximum Gasteiger partial charge on any atom is 0.508 e. The lowest BCUT2D eigenvalue weighted by atomic mass is 10.1. The van der Waals surface area contributed by atoms with E-state index in [1.807, 2.05) is 13.8 Å². The van der Waals surface area contributed by atoms with Gasteiger partial charge in [-0.05, 0) is 38.0 Å². The number of hydrogen-bond acceptors (Lipinski definition) is 3. The summed E-state index contributed by atoms with van der Waals surface area (Å²) in [5, 5.41) is 0. The van der Waals surface area contributed by atoms with Crippen LogP contribution in [0.4, 0.5) is 4.79 Å². The largest absolute Gasteiger partial charge is 0.508 e. The Kier molecular flexibility index (Phi) is 19.5. The average molecular weight is 369 g/mol. The van der Waals surface area contributed by atoms with E-state index in [9.17, 15) is 4.79 Å². The third-order valence-electron chi connectivity index (χ3n) is 4.41. The van der Waals surface area contributed by atoms with Crippen molar-refractivity contribution < 1.29 is 14.3 Å². The van der Waals surface area contributed by atoms with Crippen molar-refractivity contribution in [3.63, 3.8) is 0 Å². The van der Waals surface area contributed by atoms with Crippen LogP contribution in [0, 0.1) is 5.92 Å². The highest BCUT2D eigenvalue weighted by atomic mass is 16.7. The molecule has 0 unspecified atom stereocenters. The molecule has 0 N–H and O–H groups in total. The van der Waals surface area contributed by atoms with Crippen LogP contribution in [0.15, 0.2) is 12.2 Å². The van der Waals surface area contributed by atoms with Crippen molar-refractivity contribution in [2.24, 2.45) is 5.92 Å². The minimum absolute atomic E-state index is 0.355. The van der Waals surface area contributed by atoms with Gasteiger partial charge in [-0.1, -0.05) is 90.7 Å². The molecule has 0 amide bonds. The second-order valence-electron chi connectivity index (χ2n) is 7.74. The van der Waals surface area contributed by atoms with Gasteiger partial charge in [-0.3, -0.25) is 0 Å². The summed E-state index contributed by atoms with van der Waals surface area (Å²) in [6.45, 7) is 7.21. The fourth-order valence-electron chi connectivity index (χ4n) is 2.78. The van der Waals surface area contributed by atoms with E-state index < -0.39 is 6.16 Å². The van der Waals surface area contributed by atoms with Gasteiger partial charge in [0.2, 0.25) is 0 Å². The number of rotatable bonds is 18. The molecule has 0 saturated heterocycles. The molecule has 0 saturated carbocycles. The monoisotopic (exact) mass is 368 g/mol. The molecule has 3 heteroatoms. The summed E-state index contributed by atoms with van der Waals surface area (Å²) >= 11 is 0. The quantitative estimate of drug-likeness (QED) is 0.140. The number of carbonyl (C=O) groups is 1. The van der Waals surface area contributed by atoms with Crippen molar-refractivity contribution in [3.05, 3.63) is 12.2 Å².